The lowest BCUT2D eigenvalue weighted by Gasteiger charge is -2.11. The number of rotatable bonds is 2. The molecule has 1 unspecified atom stereocenters. The third-order valence-electron chi connectivity index (χ3n) is 8.59. The fourth-order valence-corrected chi connectivity index (χ4v) is 6.45. The minimum atomic E-state index is -5.26. The molecule has 244 valence electrons. The maximum Gasteiger partial charge on any atom is 0.422 e. The summed E-state index contributed by atoms with van der Waals surface area (Å²) in [5.74, 6) is -8.22. The van der Waals surface area contributed by atoms with Gasteiger partial charge in [0.2, 0.25) is 6.19 Å². The summed E-state index contributed by atoms with van der Waals surface area (Å²) in [6, 6.07) is 13.6. The summed E-state index contributed by atoms with van der Waals surface area (Å²) in [5.41, 5.74) is -3.75. The van der Waals surface area contributed by atoms with Crippen molar-refractivity contribution in [1.29, 1.82) is 10.7 Å². The third-order valence-corrected chi connectivity index (χ3v) is 8.59. The van der Waals surface area contributed by atoms with Crippen LogP contribution in [0.15, 0.2) is 101 Å². The number of benzene rings is 4. The van der Waals surface area contributed by atoms with Crippen molar-refractivity contribution in [3.8, 4) is 17.3 Å². The van der Waals surface area contributed by atoms with Crippen LogP contribution in [0.25, 0.3) is 54.2 Å². The smallest absolute Gasteiger partial charge is 0.300 e. The number of hydrogen-bond acceptors (Lipinski definition) is 3. The molecular weight excluding hydrogens is 664 g/mol. The summed E-state index contributed by atoms with van der Waals surface area (Å²) in [6.45, 7) is 0. The highest BCUT2D eigenvalue weighted by molar-refractivity contribution is 6.21. The highest BCUT2D eigenvalue weighted by Gasteiger charge is 2.41. The van der Waals surface area contributed by atoms with Crippen LogP contribution in [0.5, 0.6) is 0 Å². The lowest BCUT2D eigenvalue weighted by molar-refractivity contribution is -0.142. The number of allylic oxidation sites excluding steroid dienone is 6. The van der Waals surface area contributed by atoms with Gasteiger partial charge in [-0.2, -0.15) is 36.6 Å². The predicted octanol–water partition coefficient (Wildman–Crippen LogP) is 10.3. The molecule has 0 fully saturated rings. The number of nitriles is 1. The van der Waals surface area contributed by atoms with Crippen molar-refractivity contribution < 1.29 is 43.9 Å². The van der Waals surface area contributed by atoms with Gasteiger partial charge >= 0.3 is 12.4 Å². The maximum absolute atomic E-state index is 14.6. The highest BCUT2D eigenvalue weighted by atomic mass is 19.4. The van der Waals surface area contributed by atoms with Gasteiger partial charge in [0.05, 0.1) is 10.7 Å². The molecule has 0 aromatic heterocycles. The fraction of sp³-hybridized carbons (Fsp3) is 0.0833. The Morgan fingerprint density at radius 1 is 0.653 bits per heavy atom. The van der Waals surface area contributed by atoms with Crippen molar-refractivity contribution in [3.05, 3.63) is 130 Å². The van der Waals surface area contributed by atoms with Crippen molar-refractivity contribution in [3.63, 3.8) is 0 Å². The second-order valence-corrected chi connectivity index (χ2v) is 11.4. The van der Waals surface area contributed by atoms with Gasteiger partial charge in [-0.05, 0) is 86.8 Å². The summed E-state index contributed by atoms with van der Waals surface area (Å²) in [6.07, 6.45) is -6.51. The number of alkyl halides is 6. The van der Waals surface area contributed by atoms with Gasteiger partial charge in [0, 0.05) is 27.5 Å². The standard InChI is InChI=1S/C36H15F10N3/c37-27-6-3-17(9-28(38)31(27)35(41,42)43)15-1-5-20-22-12-21-19-4-2-16(18-10-29(39)32(30(40)11-18)36(44,45)46)7-23(19)33(48)24(21)13-26(22)34(49-14-47)25(20)8-15/h1-13,17,48H. The Morgan fingerprint density at radius 2 is 1.24 bits per heavy atom. The van der Waals surface area contributed by atoms with Gasteiger partial charge in [-0.3, -0.25) is 5.41 Å². The van der Waals surface area contributed by atoms with Crippen molar-refractivity contribution in [2.24, 2.45) is 4.99 Å². The van der Waals surface area contributed by atoms with E-state index in [2.05, 4.69) is 4.99 Å². The first-order valence-corrected chi connectivity index (χ1v) is 14.2. The minimum Gasteiger partial charge on any atom is -0.300 e. The molecule has 7 rings (SSSR count). The Morgan fingerprint density at radius 3 is 1.90 bits per heavy atom. The van der Waals surface area contributed by atoms with E-state index < -0.39 is 52.7 Å². The van der Waals surface area contributed by atoms with E-state index in [4.69, 9.17) is 5.41 Å². The molecule has 6 aromatic carbocycles. The van der Waals surface area contributed by atoms with Crippen molar-refractivity contribution in [1.82, 2.24) is 0 Å². The van der Waals surface area contributed by atoms with E-state index in [1.807, 2.05) is 0 Å². The summed E-state index contributed by atoms with van der Waals surface area (Å²) in [4.78, 5) is 3.95. The van der Waals surface area contributed by atoms with E-state index >= 15 is 0 Å². The van der Waals surface area contributed by atoms with Gasteiger partial charge in [-0.15, -0.1) is 0 Å². The zero-order valence-corrected chi connectivity index (χ0v) is 24.3. The van der Waals surface area contributed by atoms with E-state index in [1.54, 1.807) is 30.5 Å². The van der Waals surface area contributed by atoms with Crippen molar-refractivity contribution >= 4 is 43.1 Å². The first kappa shape index (κ1) is 31.8. The van der Waals surface area contributed by atoms with Crippen LogP contribution in [0.1, 0.15) is 17.0 Å². The lowest BCUT2D eigenvalue weighted by atomic mass is 9.96. The maximum atomic E-state index is 14.6. The number of nitrogens with zero attached hydrogens (tertiary/aromatic N) is 2. The van der Waals surface area contributed by atoms with E-state index in [1.165, 1.54) is 24.3 Å². The molecule has 3 nitrogen and oxygen atoms in total. The minimum absolute atomic E-state index is 0.0188. The predicted molar refractivity (Wildman–Crippen MR) is 161 cm³/mol. The van der Waals surface area contributed by atoms with Crippen LogP contribution in [-0.2, 0) is 6.18 Å². The van der Waals surface area contributed by atoms with Gasteiger partial charge < -0.3 is 0 Å². The Bertz CT molecular complexity index is 2640. The molecule has 49 heavy (non-hydrogen) atoms. The fourth-order valence-electron chi connectivity index (χ4n) is 6.45. The van der Waals surface area contributed by atoms with E-state index in [0.29, 0.717) is 67.4 Å². The van der Waals surface area contributed by atoms with Crippen LogP contribution in [-0.4, -0.2) is 6.18 Å². The normalized spacial score (nSPS) is 16.3. The second-order valence-electron chi connectivity index (χ2n) is 11.4. The van der Waals surface area contributed by atoms with Crippen LogP contribution in [0.4, 0.5) is 43.9 Å². The Kier molecular flexibility index (Phi) is 7.06. The molecule has 0 heterocycles. The van der Waals surface area contributed by atoms with Gasteiger partial charge in [0.1, 0.15) is 34.4 Å². The molecular formula is C36H15F10N3. The zero-order valence-electron chi connectivity index (χ0n) is 24.3. The average molecular weight is 680 g/mol. The molecule has 1 aliphatic rings. The van der Waals surface area contributed by atoms with Crippen LogP contribution in [0, 0.1) is 28.5 Å². The Balaban J connectivity index is 1.39. The molecule has 1 N–H and O–H groups in total. The summed E-state index contributed by atoms with van der Waals surface area (Å²) < 4.78 is 137. The van der Waals surface area contributed by atoms with Crippen molar-refractivity contribution in [2.75, 3.05) is 0 Å². The molecule has 0 spiro atoms. The second kappa shape index (κ2) is 10.9. The highest BCUT2D eigenvalue weighted by Crippen LogP contribution is 2.41. The molecule has 1 atom stereocenters. The van der Waals surface area contributed by atoms with Crippen LogP contribution >= 0.6 is 0 Å². The quantitative estimate of drug-likeness (QED) is 0.144. The average Bonchev–Trinajstić information content (AvgIpc) is 3.39. The first-order chi connectivity index (χ1) is 23.1. The summed E-state index contributed by atoms with van der Waals surface area (Å²) in [5, 5.41) is 22.3. The Hall–Kier alpha value is -5.77. The van der Waals surface area contributed by atoms with E-state index in [0.717, 1.165) is 6.08 Å². The number of halogens is 10. The molecule has 0 aliphatic heterocycles. The van der Waals surface area contributed by atoms with Crippen LogP contribution < -0.4 is 10.7 Å². The number of fused-ring (bicyclic) bond motifs is 6. The first-order valence-electron chi connectivity index (χ1n) is 14.2. The zero-order chi connectivity index (χ0) is 35.2. The molecule has 0 saturated carbocycles. The van der Waals surface area contributed by atoms with Crippen molar-refractivity contribution in [2.45, 2.75) is 18.3 Å². The number of hydrogen-bond donors (Lipinski definition) is 1. The summed E-state index contributed by atoms with van der Waals surface area (Å²) in [7, 11) is 0. The molecule has 6 aromatic rings. The molecule has 0 saturated heterocycles. The Labute approximate surface area is 267 Å². The lowest BCUT2D eigenvalue weighted by Crippen LogP contribution is -2.13. The van der Waals surface area contributed by atoms with E-state index in [9.17, 15) is 49.2 Å². The van der Waals surface area contributed by atoms with Gasteiger partial charge in [-0.25, -0.2) is 17.6 Å². The van der Waals surface area contributed by atoms with Gasteiger partial charge in [-0.1, -0.05) is 30.3 Å². The SMILES string of the molecule is N#CN=c1c2cc(C3C=CC(F)=C(C(F)(F)F)C(F)=C3)ccc2c2cc3c(cc12)c(=N)c1cc(-c2cc(F)c(C(F)(F)F)c(F)c2)ccc13. The molecule has 0 radical (unpaired) electrons. The molecule has 13 heteroatoms. The van der Waals surface area contributed by atoms with Gasteiger partial charge in [0.15, 0.2) is 0 Å². The number of nitrogens with one attached hydrogen (secondary N) is 1. The summed E-state index contributed by atoms with van der Waals surface area (Å²) >= 11 is 0. The molecule has 0 bridgehead atoms. The molecule has 1 aliphatic carbocycles. The molecule has 0 amide bonds. The van der Waals surface area contributed by atoms with Gasteiger partial charge in [0.25, 0.3) is 0 Å². The largest absolute Gasteiger partial charge is 0.422 e. The topological polar surface area (TPSA) is 60.0 Å². The monoisotopic (exact) mass is 679 g/mol. The third kappa shape index (κ3) is 5.06. The van der Waals surface area contributed by atoms with Crippen LogP contribution in [0.2, 0.25) is 0 Å². The van der Waals surface area contributed by atoms with E-state index in [-0.39, 0.29) is 27.4 Å². The van der Waals surface area contributed by atoms with Crippen LogP contribution in [0.3, 0.4) is 0 Å².